The summed E-state index contributed by atoms with van der Waals surface area (Å²) in [6.45, 7) is 0.640. The molecule has 3 aromatic rings. The molecule has 0 spiro atoms. The lowest BCUT2D eigenvalue weighted by molar-refractivity contribution is 0.426. The Morgan fingerprint density at radius 1 is 1.10 bits per heavy atom. The molecule has 0 atom stereocenters. The molecule has 2 N–H and O–H groups in total. The van der Waals surface area contributed by atoms with Crippen LogP contribution >= 0.6 is 0 Å². The second-order valence-electron chi connectivity index (χ2n) is 4.92. The standard InChI is InChI=1S/C15H14BFN2O2/c17-12-6-4-11(5-7-12)8-9-19-10-13-14(16(20)21)2-1-3-15(13)18-19/h1-7,10,20-21H,8-9H2. The molecule has 0 saturated heterocycles. The van der Waals surface area contributed by atoms with E-state index < -0.39 is 7.12 Å². The summed E-state index contributed by atoms with van der Waals surface area (Å²) in [5, 5.41) is 23.8. The zero-order valence-electron chi connectivity index (χ0n) is 11.3. The van der Waals surface area contributed by atoms with Crippen LogP contribution in [0.2, 0.25) is 0 Å². The zero-order chi connectivity index (χ0) is 14.8. The van der Waals surface area contributed by atoms with Crippen LogP contribution in [0.15, 0.2) is 48.7 Å². The van der Waals surface area contributed by atoms with Gasteiger partial charge >= 0.3 is 7.12 Å². The van der Waals surface area contributed by atoms with E-state index in [4.69, 9.17) is 0 Å². The minimum absolute atomic E-state index is 0.245. The Morgan fingerprint density at radius 3 is 2.57 bits per heavy atom. The normalized spacial score (nSPS) is 11.0. The first kappa shape index (κ1) is 13.8. The van der Waals surface area contributed by atoms with Gasteiger partial charge in [0.2, 0.25) is 0 Å². The van der Waals surface area contributed by atoms with Crippen LogP contribution in [0.5, 0.6) is 0 Å². The summed E-state index contributed by atoms with van der Waals surface area (Å²) < 4.78 is 14.6. The molecule has 0 fully saturated rings. The average molecular weight is 284 g/mol. The van der Waals surface area contributed by atoms with Gasteiger partial charge in [-0.2, -0.15) is 5.10 Å². The van der Waals surface area contributed by atoms with Crippen molar-refractivity contribution in [1.29, 1.82) is 0 Å². The topological polar surface area (TPSA) is 58.3 Å². The molecule has 0 bridgehead atoms. The molecule has 2 aromatic carbocycles. The molecule has 4 nitrogen and oxygen atoms in total. The predicted molar refractivity (Wildman–Crippen MR) is 79.7 cm³/mol. The maximum absolute atomic E-state index is 12.8. The molecule has 0 aliphatic heterocycles. The van der Waals surface area contributed by atoms with E-state index in [0.29, 0.717) is 12.0 Å². The second-order valence-corrected chi connectivity index (χ2v) is 4.92. The largest absolute Gasteiger partial charge is 0.489 e. The maximum atomic E-state index is 12.8. The van der Waals surface area contributed by atoms with Crippen molar-refractivity contribution < 1.29 is 14.4 Å². The molecule has 0 saturated carbocycles. The van der Waals surface area contributed by atoms with E-state index in [2.05, 4.69) is 5.10 Å². The lowest BCUT2D eigenvalue weighted by Crippen LogP contribution is -2.30. The van der Waals surface area contributed by atoms with Crippen LogP contribution in [-0.2, 0) is 13.0 Å². The maximum Gasteiger partial charge on any atom is 0.489 e. The van der Waals surface area contributed by atoms with Crippen molar-refractivity contribution in [3.05, 3.63) is 60.0 Å². The molecular formula is C15H14BFN2O2. The van der Waals surface area contributed by atoms with Crippen molar-refractivity contribution in [2.24, 2.45) is 0 Å². The fourth-order valence-electron chi connectivity index (χ4n) is 2.35. The van der Waals surface area contributed by atoms with Gasteiger partial charge in [0.1, 0.15) is 5.82 Å². The van der Waals surface area contributed by atoms with Crippen LogP contribution in [0, 0.1) is 5.82 Å². The van der Waals surface area contributed by atoms with Gasteiger partial charge in [-0.15, -0.1) is 0 Å². The molecule has 3 rings (SSSR count). The first-order valence-corrected chi connectivity index (χ1v) is 6.70. The number of benzene rings is 2. The highest BCUT2D eigenvalue weighted by atomic mass is 19.1. The molecule has 106 valence electrons. The smallest absolute Gasteiger partial charge is 0.423 e. The highest BCUT2D eigenvalue weighted by Crippen LogP contribution is 2.11. The number of hydrogen-bond acceptors (Lipinski definition) is 3. The van der Waals surface area contributed by atoms with Gasteiger partial charge in [0.15, 0.2) is 0 Å². The van der Waals surface area contributed by atoms with Gasteiger partial charge < -0.3 is 10.0 Å². The number of hydrogen-bond donors (Lipinski definition) is 2. The number of nitrogens with zero attached hydrogens (tertiary/aromatic N) is 2. The van der Waals surface area contributed by atoms with Crippen LogP contribution in [0.1, 0.15) is 5.56 Å². The van der Waals surface area contributed by atoms with Crippen molar-refractivity contribution in [1.82, 2.24) is 9.78 Å². The summed E-state index contributed by atoms with van der Waals surface area (Å²) in [5.41, 5.74) is 2.19. The van der Waals surface area contributed by atoms with Crippen molar-refractivity contribution >= 4 is 23.5 Å². The van der Waals surface area contributed by atoms with Crippen molar-refractivity contribution in [3.8, 4) is 0 Å². The highest BCUT2D eigenvalue weighted by molar-refractivity contribution is 6.61. The summed E-state index contributed by atoms with van der Waals surface area (Å²) in [6.07, 6.45) is 2.53. The first-order valence-electron chi connectivity index (χ1n) is 6.70. The molecule has 1 aromatic heterocycles. The molecule has 0 unspecified atom stereocenters. The monoisotopic (exact) mass is 284 g/mol. The Labute approximate surface area is 121 Å². The highest BCUT2D eigenvalue weighted by Gasteiger charge is 2.16. The van der Waals surface area contributed by atoms with Gasteiger partial charge in [-0.05, 0) is 35.6 Å². The quantitative estimate of drug-likeness (QED) is 0.705. The van der Waals surface area contributed by atoms with Gasteiger partial charge in [-0.3, -0.25) is 4.68 Å². The number of halogens is 1. The van der Waals surface area contributed by atoms with Gasteiger partial charge in [0, 0.05) is 18.1 Å². The van der Waals surface area contributed by atoms with Crippen LogP contribution in [0.4, 0.5) is 4.39 Å². The van der Waals surface area contributed by atoms with E-state index >= 15 is 0 Å². The molecule has 0 radical (unpaired) electrons. The number of rotatable bonds is 4. The summed E-state index contributed by atoms with van der Waals surface area (Å²) in [4.78, 5) is 0. The lowest BCUT2D eigenvalue weighted by atomic mass is 9.78. The third-order valence-electron chi connectivity index (χ3n) is 3.45. The molecule has 0 aliphatic carbocycles. The van der Waals surface area contributed by atoms with Crippen molar-refractivity contribution in [3.63, 3.8) is 0 Å². The molecule has 0 aliphatic rings. The van der Waals surface area contributed by atoms with Crippen LogP contribution in [0.25, 0.3) is 10.9 Å². The van der Waals surface area contributed by atoms with Gasteiger partial charge in [-0.25, -0.2) is 4.39 Å². The van der Waals surface area contributed by atoms with E-state index in [1.807, 2.05) is 6.07 Å². The van der Waals surface area contributed by atoms with E-state index in [9.17, 15) is 14.4 Å². The van der Waals surface area contributed by atoms with Gasteiger partial charge in [0.05, 0.1) is 5.52 Å². The Kier molecular flexibility index (Phi) is 3.73. The molecular weight excluding hydrogens is 270 g/mol. The second kappa shape index (κ2) is 5.67. The predicted octanol–water partition coefficient (Wildman–Crippen LogP) is 1.10. The van der Waals surface area contributed by atoms with E-state index in [1.54, 1.807) is 35.1 Å². The SMILES string of the molecule is OB(O)c1cccc2nn(CCc3ccc(F)cc3)cc12. The minimum Gasteiger partial charge on any atom is -0.423 e. The van der Waals surface area contributed by atoms with E-state index in [-0.39, 0.29) is 5.82 Å². The first-order chi connectivity index (χ1) is 10.1. The molecule has 0 amide bonds. The summed E-state index contributed by atoms with van der Waals surface area (Å²) in [7, 11) is -1.51. The summed E-state index contributed by atoms with van der Waals surface area (Å²) in [5.74, 6) is -0.245. The summed E-state index contributed by atoms with van der Waals surface area (Å²) >= 11 is 0. The third kappa shape index (κ3) is 2.96. The van der Waals surface area contributed by atoms with E-state index in [0.717, 1.165) is 22.9 Å². The van der Waals surface area contributed by atoms with Crippen LogP contribution < -0.4 is 5.46 Å². The number of aromatic nitrogens is 2. The van der Waals surface area contributed by atoms with Crippen LogP contribution in [0.3, 0.4) is 0 Å². The molecule has 6 heteroatoms. The van der Waals surface area contributed by atoms with E-state index in [1.165, 1.54) is 12.1 Å². The lowest BCUT2D eigenvalue weighted by Gasteiger charge is -2.01. The van der Waals surface area contributed by atoms with Gasteiger partial charge in [-0.1, -0.05) is 24.3 Å². The molecule has 21 heavy (non-hydrogen) atoms. The third-order valence-corrected chi connectivity index (χ3v) is 3.45. The minimum atomic E-state index is -1.51. The van der Waals surface area contributed by atoms with Crippen molar-refractivity contribution in [2.45, 2.75) is 13.0 Å². The Morgan fingerprint density at radius 2 is 1.86 bits per heavy atom. The average Bonchev–Trinajstić information content (AvgIpc) is 2.89. The fraction of sp³-hybridized carbons (Fsp3) is 0.133. The summed E-state index contributed by atoms with van der Waals surface area (Å²) in [6, 6.07) is 11.6. The Bertz CT molecular complexity index is 756. The zero-order valence-corrected chi connectivity index (χ0v) is 11.3. The number of fused-ring (bicyclic) bond motifs is 1. The Balaban J connectivity index is 1.81. The fourth-order valence-corrected chi connectivity index (χ4v) is 2.35. The van der Waals surface area contributed by atoms with Gasteiger partial charge in [0.25, 0.3) is 0 Å². The molecule has 1 heterocycles. The van der Waals surface area contributed by atoms with Crippen molar-refractivity contribution in [2.75, 3.05) is 0 Å². The van der Waals surface area contributed by atoms with Crippen LogP contribution in [-0.4, -0.2) is 26.9 Å². The Hall–Kier alpha value is -2.18. The number of aryl methyl sites for hydroxylation is 2.